The first-order chi connectivity index (χ1) is 7.26. The molecule has 0 heterocycles. The summed E-state index contributed by atoms with van der Waals surface area (Å²) < 4.78 is 24.1. The van der Waals surface area contributed by atoms with Crippen molar-refractivity contribution >= 4 is 9.84 Å². The van der Waals surface area contributed by atoms with E-state index in [0.717, 1.165) is 5.56 Å². The highest BCUT2D eigenvalue weighted by molar-refractivity contribution is 7.92. The van der Waals surface area contributed by atoms with E-state index < -0.39 is 9.84 Å². The lowest BCUT2D eigenvalue weighted by molar-refractivity contribution is 0.586. The molecular weight excluding hydrogens is 220 g/mol. The number of hydrogen-bond acceptors (Lipinski definition) is 2. The van der Waals surface area contributed by atoms with E-state index in [0.29, 0.717) is 10.8 Å². The SMILES string of the molecule is Cc1cc(C(C)C)ccc1S(=O)(=O)C(C)C. The molecule has 1 rings (SSSR count). The second-order valence-electron chi connectivity index (χ2n) is 4.77. The van der Waals surface area contributed by atoms with Gasteiger partial charge in [-0.2, -0.15) is 0 Å². The number of sulfone groups is 1. The average Bonchev–Trinajstić information content (AvgIpc) is 2.16. The van der Waals surface area contributed by atoms with Crippen LogP contribution in [0, 0.1) is 6.92 Å². The molecule has 2 nitrogen and oxygen atoms in total. The third-order valence-electron chi connectivity index (χ3n) is 2.79. The van der Waals surface area contributed by atoms with Crippen LogP contribution in [0.3, 0.4) is 0 Å². The molecule has 0 aliphatic rings. The molecule has 0 N–H and O–H groups in total. The second-order valence-corrected chi connectivity index (χ2v) is 7.25. The first kappa shape index (κ1) is 13.2. The van der Waals surface area contributed by atoms with Crippen LogP contribution in [0.15, 0.2) is 23.1 Å². The molecule has 0 aromatic heterocycles. The van der Waals surface area contributed by atoms with Gasteiger partial charge in [0.2, 0.25) is 0 Å². The summed E-state index contributed by atoms with van der Waals surface area (Å²) in [5.41, 5.74) is 2.03. The van der Waals surface area contributed by atoms with E-state index in [1.165, 1.54) is 5.56 Å². The van der Waals surface area contributed by atoms with Gasteiger partial charge in [0.15, 0.2) is 9.84 Å². The summed E-state index contributed by atoms with van der Waals surface area (Å²) in [6, 6.07) is 5.62. The first-order valence-corrected chi connectivity index (χ1v) is 7.16. The third kappa shape index (κ3) is 2.46. The van der Waals surface area contributed by atoms with E-state index in [4.69, 9.17) is 0 Å². The van der Waals surface area contributed by atoms with Crippen molar-refractivity contribution in [2.45, 2.75) is 50.7 Å². The lowest BCUT2D eigenvalue weighted by Crippen LogP contribution is -2.15. The van der Waals surface area contributed by atoms with Crippen LogP contribution in [0.1, 0.15) is 44.7 Å². The maximum absolute atomic E-state index is 12.0. The minimum absolute atomic E-state index is 0.365. The molecule has 0 aliphatic heterocycles. The molecule has 0 aliphatic carbocycles. The fourth-order valence-electron chi connectivity index (χ4n) is 1.60. The minimum Gasteiger partial charge on any atom is -0.223 e. The number of rotatable bonds is 3. The van der Waals surface area contributed by atoms with Gasteiger partial charge in [-0.15, -0.1) is 0 Å². The van der Waals surface area contributed by atoms with Crippen molar-refractivity contribution in [3.05, 3.63) is 29.3 Å². The highest BCUT2D eigenvalue weighted by Crippen LogP contribution is 2.24. The number of aryl methyl sites for hydroxylation is 1. The van der Waals surface area contributed by atoms with Crippen LogP contribution in [0.25, 0.3) is 0 Å². The van der Waals surface area contributed by atoms with E-state index in [-0.39, 0.29) is 5.25 Å². The zero-order chi connectivity index (χ0) is 12.5. The van der Waals surface area contributed by atoms with Crippen molar-refractivity contribution in [1.29, 1.82) is 0 Å². The Labute approximate surface area is 98.6 Å². The van der Waals surface area contributed by atoms with Gasteiger partial charge >= 0.3 is 0 Å². The Bertz CT molecular complexity index is 471. The minimum atomic E-state index is -3.15. The number of benzene rings is 1. The van der Waals surface area contributed by atoms with E-state index in [9.17, 15) is 8.42 Å². The molecule has 0 spiro atoms. The van der Waals surface area contributed by atoms with E-state index in [1.807, 2.05) is 19.1 Å². The monoisotopic (exact) mass is 240 g/mol. The molecule has 90 valence electrons. The second kappa shape index (κ2) is 4.58. The van der Waals surface area contributed by atoms with Gasteiger partial charge in [-0.05, 0) is 43.9 Å². The standard InChI is InChI=1S/C13H20O2S/c1-9(2)12-6-7-13(11(5)8-12)16(14,15)10(3)4/h6-10H,1-5H3. The Morgan fingerprint density at radius 3 is 2.00 bits per heavy atom. The molecule has 1 aromatic carbocycles. The molecule has 3 heteroatoms. The molecule has 0 bridgehead atoms. The summed E-state index contributed by atoms with van der Waals surface area (Å²) in [4.78, 5) is 0.465. The molecule has 0 saturated carbocycles. The third-order valence-corrected chi connectivity index (χ3v) is 5.11. The summed E-state index contributed by atoms with van der Waals surface area (Å²) in [6.45, 7) is 9.49. The van der Waals surface area contributed by atoms with Crippen LogP contribution in [0.4, 0.5) is 0 Å². The smallest absolute Gasteiger partial charge is 0.180 e. The normalized spacial score (nSPS) is 12.4. The van der Waals surface area contributed by atoms with Crippen molar-refractivity contribution in [2.24, 2.45) is 0 Å². The Kier molecular flexibility index (Phi) is 3.79. The molecule has 0 amide bonds. The van der Waals surface area contributed by atoms with Crippen LogP contribution in [-0.4, -0.2) is 13.7 Å². The first-order valence-electron chi connectivity index (χ1n) is 5.61. The summed E-state index contributed by atoms with van der Waals surface area (Å²) in [6.07, 6.45) is 0. The predicted molar refractivity (Wildman–Crippen MR) is 67.6 cm³/mol. The Balaban J connectivity index is 3.30. The fraction of sp³-hybridized carbons (Fsp3) is 0.538. The summed E-state index contributed by atoms with van der Waals surface area (Å²) >= 11 is 0. The van der Waals surface area contributed by atoms with Gasteiger partial charge in [-0.25, -0.2) is 8.42 Å². The van der Waals surface area contributed by atoms with E-state index in [2.05, 4.69) is 13.8 Å². The van der Waals surface area contributed by atoms with Gasteiger partial charge in [0, 0.05) is 0 Å². The van der Waals surface area contributed by atoms with Crippen LogP contribution in [0.5, 0.6) is 0 Å². The van der Waals surface area contributed by atoms with Crippen molar-refractivity contribution in [3.8, 4) is 0 Å². The molecule has 1 aromatic rings. The van der Waals surface area contributed by atoms with Crippen LogP contribution >= 0.6 is 0 Å². The van der Waals surface area contributed by atoms with E-state index in [1.54, 1.807) is 19.9 Å². The van der Waals surface area contributed by atoms with Gasteiger partial charge in [-0.1, -0.05) is 26.0 Å². The van der Waals surface area contributed by atoms with Gasteiger partial charge in [0.25, 0.3) is 0 Å². The average molecular weight is 240 g/mol. The quantitative estimate of drug-likeness (QED) is 0.812. The fourth-order valence-corrected chi connectivity index (χ4v) is 2.88. The Hall–Kier alpha value is -0.830. The zero-order valence-corrected chi connectivity index (χ0v) is 11.4. The summed E-state index contributed by atoms with van der Waals surface area (Å²) in [7, 11) is -3.15. The summed E-state index contributed by atoms with van der Waals surface area (Å²) in [5.74, 6) is 0.425. The van der Waals surface area contributed by atoms with Gasteiger partial charge in [-0.3, -0.25) is 0 Å². The van der Waals surface area contributed by atoms with Crippen LogP contribution in [0.2, 0.25) is 0 Å². The molecular formula is C13H20O2S. The number of hydrogen-bond donors (Lipinski definition) is 0. The van der Waals surface area contributed by atoms with Crippen molar-refractivity contribution in [1.82, 2.24) is 0 Å². The van der Waals surface area contributed by atoms with Crippen molar-refractivity contribution in [2.75, 3.05) is 0 Å². The summed E-state index contributed by atoms with van der Waals surface area (Å²) in [5, 5.41) is -0.365. The highest BCUT2D eigenvalue weighted by Gasteiger charge is 2.21. The maximum Gasteiger partial charge on any atom is 0.180 e. The van der Waals surface area contributed by atoms with Crippen LogP contribution < -0.4 is 0 Å². The van der Waals surface area contributed by atoms with Crippen molar-refractivity contribution in [3.63, 3.8) is 0 Å². The van der Waals surface area contributed by atoms with E-state index >= 15 is 0 Å². The van der Waals surface area contributed by atoms with Crippen LogP contribution in [-0.2, 0) is 9.84 Å². The molecule has 0 fully saturated rings. The van der Waals surface area contributed by atoms with Crippen molar-refractivity contribution < 1.29 is 8.42 Å². The largest absolute Gasteiger partial charge is 0.223 e. The molecule has 0 unspecified atom stereocenters. The predicted octanol–water partition coefficient (Wildman–Crippen LogP) is 3.30. The molecule has 0 radical (unpaired) electrons. The Morgan fingerprint density at radius 1 is 1.06 bits per heavy atom. The Morgan fingerprint density at radius 2 is 1.62 bits per heavy atom. The van der Waals surface area contributed by atoms with Gasteiger partial charge in [0.05, 0.1) is 10.1 Å². The lowest BCUT2D eigenvalue weighted by atomic mass is 10.0. The maximum atomic E-state index is 12.0. The molecule has 0 atom stereocenters. The lowest BCUT2D eigenvalue weighted by Gasteiger charge is -2.13. The molecule has 16 heavy (non-hydrogen) atoms. The van der Waals surface area contributed by atoms with Gasteiger partial charge in [0.1, 0.15) is 0 Å². The highest BCUT2D eigenvalue weighted by atomic mass is 32.2. The molecule has 0 saturated heterocycles. The topological polar surface area (TPSA) is 34.1 Å². The zero-order valence-electron chi connectivity index (χ0n) is 10.6. The van der Waals surface area contributed by atoms with Gasteiger partial charge < -0.3 is 0 Å².